The molecule has 112 valence electrons. The van der Waals surface area contributed by atoms with E-state index in [0.29, 0.717) is 12.1 Å². The van der Waals surface area contributed by atoms with Crippen LogP contribution in [0, 0.1) is 5.92 Å². The second-order valence-corrected chi connectivity index (χ2v) is 7.78. The maximum absolute atomic E-state index is 12.0. The fourth-order valence-corrected chi connectivity index (χ4v) is 4.54. The van der Waals surface area contributed by atoms with Gasteiger partial charge in [0.05, 0.1) is 23.2 Å². The first-order chi connectivity index (χ1) is 10.0. The Morgan fingerprint density at radius 2 is 2.29 bits per heavy atom. The summed E-state index contributed by atoms with van der Waals surface area (Å²) in [6.45, 7) is 0. The van der Waals surface area contributed by atoms with Crippen LogP contribution in [-0.4, -0.2) is 36.0 Å². The molecule has 7 heteroatoms. The Morgan fingerprint density at radius 3 is 3.10 bits per heavy atom. The third kappa shape index (κ3) is 3.41. The molecule has 2 heterocycles. The predicted octanol–water partition coefficient (Wildman–Crippen LogP) is 1.72. The van der Waals surface area contributed by atoms with E-state index in [2.05, 4.69) is 15.5 Å². The van der Waals surface area contributed by atoms with Gasteiger partial charge in [0.15, 0.2) is 9.84 Å². The molecule has 1 saturated heterocycles. The van der Waals surface area contributed by atoms with Gasteiger partial charge >= 0.3 is 0 Å². The lowest BCUT2D eigenvalue weighted by atomic mass is 10.0. The maximum Gasteiger partial charge on any atom is 0.224 e. The van der Waals surface area contributed by atoms with Crippen molar-refractivity contribution in [3.8, 4) is 0 Å². The molecule has 6 nitrogen and oxygen atoms in total. The third-order valence-electron chi connectivity index (χ3n) is 3.76. The molecule has 1 fully saturated rings. The highest BCUT2D eigenvalue weighted by atomic mass is 32.2. The number of carbonyl (C=O) groups is 1. The SMILES string of the molecule is O=C(CC1CCCS(=O)(=O)C1)Nc1ccc2cn[nH]c2c1. The van der Waals surface area contributed by atoms with Crippen LogP contribution in [0.5, 0.6) is 0 Å². The van der Waals surface area contributed by atoms with Crippen LogP contribution < -0.4 is 5.32 Å². The van der Waals surface area contributed by atoms with Crippen LogP contribution in [0.25, 0.3) is 10.9 Å². The molecular formula is C14H17N3O3S. The summed E-state index contributed by atoms with van der Waals surface area (Å²) in [4.78, 5) is 12.0. The average molecular weight is 307 g/mol. The van der Waals surface area contributed by atoms with Crippen LogP contribution in [0.1, 0.15) is 19.3 Å². The number of rotatable bonds is 3. The number of anilines is 1. The smallest absolute Gasteiger partial charge is 0.224 e. The van der Waals surface area contributed by atoms with Gasteiger partial charge in [0.25, 0.3) is 0 Å². The monoisotopic (exact) mass is 307 g/mol. The molecule has 2 N–H and O–H groups in total. The molecule has 1 atom stereocenters. The van der Waals surface area contributed by atoms with Crippen LogP contribution in [0.3, 0.4) is 0 Å². The van der Waals surface area contributed by atoms with E-state index >= 15 is 0 Å². The third-order valence-corrected chi connectivity index (χ3v) is 5.65. The molecular weight excluding hydrogens is 290 g/mol. The Balaban J connectivity index is 1.63. The van der Waals surface area contributed by atoms with Gasteiger partial charge in [-0.3, -0.25) is 9.89 Å². The van der Waals surface area contributed by atoms with E-state index in [-0.39, 0.29) is 29.8 Å². The summed E-state index contributed by atoms with van der Waals surface area (Å²) in [6, 6.07) is 5.50. The van der Waals surface area contributed by atoms with E-state index < -0.39 is 9.84 Å². The van der Waals surface area contributed by atoms with Gasteiger partial charge in [0, 0.05) is 17.5 Å². The molecule has 1 unspecified atom stereocenters. The fourth-order valence-electron chi connectivity index (χ4n) is 2.77. The fraction of sp³-hybridized carbons (Fsp3) is 0.429. The lowest BCUT2D eigenvalue weighted by Gasteiger charge is -2.21. The number of sulfone groups is 1. The second kappa shape index (κ2) is 5.48. The first-order valence-corrected chi connectivity index (χ1v) is 8.77. The number of amides is 1. The average Bonchev–Trinajstić information content (AvgIpc) is 2.84. The molecule has 1 aromatic heterocycles. The van der Waals surface area contributed by atoms with Crippen molar-refractivity contribution >= 4 is 32.3 Å². The minimum absolute atomic E-state index is 0.0698. The minimum Gasteiger partial charge on any atom is -0.326 e. The molecule has 0 radical (unpaired) electrons. The van der Waals surface area contributed by atoms with Crippen molar-refractivity contribution in [1.82, 2.24) is 10.2 Å². The van der Waals surface area contributed by atoms with E-state index in [1.165, 1.54) is 0 Å². The standard InChI is InChI=1S/C14H17N3O3S/c18-14(6-10-2-1-5-21(19,20)9-10)16-12-4-3-11-8-15-17-13(11)7-12/h3-4,7-8,10H,1-2,5-6,9H2,(H,15,17)(H,16,18). The summed E-state index contributed by atoms with van der Waals surface area (Å²) in [5, 5.41) is 10.6. The first-order valence-electron chi connectivity index (χ1n) is 6.95. The van der Waals surface area contributed by atoms with Crippen molar-refractivity contribution < 1.29 is 13.2 Å². The van der Waals surface area contributed by atoms with Gasteiger partial charge < -0.3 is 5.32 Å². The molecule has 21 heavy (non-hydrogen) atoms. The Kier molecular flexibility index (Phi) is 3.67. The number of benzene rings is 1. The van der Waals surface area contributed by atoms with Crippen LogP contribution >= 0.6 is 0 Å². The van der Waals surface area contributed by atoms with E-state index in [4.69, 9.17) is 0 Å². The van der Waals surface area contributed by atoms with E-state index in [9.17, 15) is 13.2 Å². The molecule has 0 saturated carbocycles. The Hall–Kier alpha value is -1.89. The lowest BCUT2D eigenvalue weighted by molar-refractivity contribution is -0.117. The van der Waals surface area contributed by atoms with Crippen molar-refractivity contribution in [2.45, 2.75) is 19.3 Å². The number of carbonyl (C=O) groups excluding carboxylic acids is 1. The first kappa shape index (κ1) is 14.1. The molecule has 0 bridgehead atoms. The van der Waals surface area contributed by atoms with Gasteiger partial charge in [-0.05, 0) is 37.0 Å². The normalized spacial score (nSPS) is 21.2. The number of nitrogens with one attached hydrogen (secondary N) is 2. The van der Waals surface area contributed by atoms with Crippen LogP contribution in [0.4, 0.5) is 5.69 Å². The maximum atomic E-state index is 12.0. The van der Waals surface area contributed by atoms with Crippen LogP contribution in [0.15, 0.2) is 24.4 Å². The van der Waals surface area contributed by atoms with E-state index in [0.717, 1.165) is 17.3 Å². The van der Waals surface area contributed by atoms with Crippen molar-refractivity contribution in [3.63, 3.8) is 0 Å². The largest absolute Gasteiger partial charge is 0.326 e. The second-order valence-electron chi connectivity index (χ2n) is 5.55. The number of aromatic amines is 1. The Labute approximate surface area is 122 Å². The van der Waals surface area contributed by atoms with Gasteiger partial charge in [-0.25, -0.2) is 8.42 Å². The minimum atomic E-state index is -2.96. The summed E-state index contributed by atoms with van der Waals surface area (Å²) in [5.41, 5.74) is 1.54. The van der Waals surface area contributed by atoms with Crippen molar-refractivity contribution in [2.75, 3.05) is 16.8 Å². The zero-order chi connectivity index (χ0) is 14.9. The van der Waals surface area contributed by atoms with Gasteiger partial charge in [-0.15, -0.1) is 0 Å². The number of nitrogens with zero attached hydrogens (tertiary/aromatic N) is 1. The Bertz CT molecular complexity index is 767. The van der Waals surface area contributed by atoms with Crippen LogP contribution in [0.2, 0.25) is 0 Å². The lowest BCUT2D eigenvalue weighted by Crippen LogP contribution is -2.28. The van der Waals surface area contributed by atoms with Crippen molar-refractivity contribution in [3.05, 3.63) is 24.4 Å². The van der Waals surface area contributed by atoms with Gasteiger partial charge in [0.2, 0.25) is 5.91 Å². The number of hydrogen-bond donors (Lipinski definition) is 2. The molecule has 3 rings (SSSR count). The number of fused-ring (bicyclic) bond motifs is 1. The van der Waals surface area contributed by atoms with Gasteiger partial charge in [-0.1, -0.05) is 0 Å². The summed E-state index contributed by atoms with van der Waals surface area (Å²) >= 11 is 0. The molecule has 0 spiro atoms. The summed E-state index contributed by atoms with van der Waals surface area (Å²) in [6.07, 6.45) is 3.42. The summed E-state index contributed by atoms with van der Waals surface area (Å²) in [5.74, 6) is 0.164. The highest BCUT2D eigenvalue weighted by Crippen LogP contribution is 2.22. The molecule has 1 aliphatic heterocycles. The predicted molar refractivity (Wildman–Crippen MR) is 80.7 cm³/mol. The van der Waals surface area contributed by atoms with E-state index in [1.54, 1.807) is 6.20 Å². The highest BCUT2D eigenvalue weighted by molar-refractivity contribution is 7.91. The number of H-pyrrole nitrogens is 1. The van der Waals surface area contributed by atoms with Gasteiger partial charge in [-0.2, -0.15) is 5.10 Å². The number of hydrogen-bond acceptors (Lipinski definition) is 4. The molecule has 0 aliphatic carbocycles. The summed E-state index contributed by atoms with van der Waals surface area (Å²) < 4.78 is 23.1. The Morgan fingerprint density at radius 1 is 1.43 bits per heavy atom. The van der Waals surface area contributed by atoms with Crippen LogP contribution in [-0.2, 0) is 14.6 Å². The van der Waals surface area contributed by atoms with Crippen molar-refractivity contribution in [2.24, 2.45) is 5.92 Å². The van der Waals surface area contributed by atoms with E-state index in [1.807, 2.05) is 18.2 Å². The highest BCUT2D eigenvalue weighted by Gasteiger charge is 2.26. The molecule has 1 aliphatic rings. The number of aromatic nitrogens is 2. The van der Waals surface area contributed by atoms with Gasteiger partial charge in [0.1, 0.15) is 0 Å². The molecule has 1 aromatic carbocycles. The zero-order valence-corrected chi connectivity index (χ0v) is 12.3. The summed E-state index contributed by atoms with van der Waals surface area (Å²) in [7, 11) is -2.96. The molecule has 2 aromatic rings. The van der Waals surface area contributed by atoms with Crippen molar-refractivity contribution in [1.29, 1.82) is 0 Å². The topological polar surface area (TPSA) is 91.9 Å². The molecule has 1 amide bonds. The quantitative estimate of drug-likeness (QED) is 0.903. The zero-order valence-electron chi connectivity index (χ0n) is 11.5.